The van der Waals surface area contributed by atoms with Gasteiger partial charge in [0.1, 0.15) is 0 Å². The first-order chi connectivity index (χ1) is 9.31. The third-order valence-corrected chi connectivity index (χ3v) is 4.41. The molecule has 0 spiro atoms. The van der Waals surface area contributed by atoms with Crippen LogP contribution in [0.5, 0.6) is 0 Å². The number of nitrogens with one attached hydrogen (secondary N) is 1. The first-order valence-electron chi connectivity index (χ1n) is 6.99. The van der Waals surface area contributed by atoms with Crippen LogP contribution in [0.2, 0.25) is 0 Å². The zero-order valence-corrected chi connectivity index (χ0v) is 12.1. The van der Waals surface area contributed by atoms with Gasteiger partial charge in [0, 0.05) is 23.3 Å². The normalized spacial score (nSPS) is 16.7. The van der Waals surface area contributed by atoms with E-state index in [1.54, 1.807) is 11.3 Å². The maximum atomic E-state index is 4.62. The van der Waals surface area contributed by atoms with Crippen LogP contribution < -0.4 is 5.32 Å². The molecule has 1 aliphatic rings. The minimum atomic E-state index is 0.593. The van der Waals surface area contributed by atoms with Crippen molar-refractivity contribution >= 4 is 17.3 Å². The SMILES string of the molecule is Cc1cn(Cc2cncs2)c(NC2CCCCC2)n1. The van der Waals surface area contributed by atoms with E-state index in [4.69, 9.17) is 0 Å². The summed E-state index contributed by atoms with van der Waals surface area (Å²) >= 11 is 1.69. The molecule has 0 saturated heterocycles. The summed E-state index contributed by atoms with van der Waals surface area (Å²) in [5.74, 6) is 1.01. The summed E-state index contributed by atoms with van der Waals surface area (Å²) in [5.41, 5.74) is 2.95. The molecule has 3 rings (SSSR count). The number of aromatic nitrogens is 3. The second-order valence-electron chi connectivity index (χ2n) is 5.28. The topological polar surface area (TPSA) is 42.7 Å². The molecule has 102 valence electrons. The molecule has 4 nitrogen and oxygen atoms in total. The summed E-state index contributed by atoms with van der Waals surface area (Å²) in [4.78, 5) is 10.0. The van der Waals surface area contributed by atoms with Crippen molar-refractivity contribution in [3.05, 3.63) is 28.5 Å². The summed E-state index contributed by atoms with van der Waals surface area (Å²) in [5, 5.41) is 3.62. The van der Waals surface area contributed by atoms with Crippen LogP contribution in [-0.4, -0.2) is 20.6 Å². The van der Waals surface area contributed by atoms with Gasteiger partial charge in [0.05, 0.1) is 17.7 Å². The predicted molar refractivity (Wildman–Crippen MR) is 78.7 cm³/mol. The van der Waals surface area contributed by atoms with Crippen LogP contribution in [0.25, 0.3) is 0 Å². The molecule has 1 saturated carbocycles. The Balaban J connectivity index is 1.73. The van der Waals surface area contributed by atoms with Crippen LogP contribution in [0.4, 0.5) is 5.95 Å². The van der Waals surface area contributed by atoms with Crippen molar-refractivity contribution in [2.45, 2.75) is 51.6 Å². The van der Waals surface area contributed by atoms with Crippen molar-refractivity contribution in [1.29, 1.82) is 0 Å². The zero-order valence-electron chi connectivity index (χ0n) is 11.3. The molecule has 5 heteroatoms. The van der Waals surface area contributed by atoms with Crippen LogP contribution in [0.1, 0.15) is 42.7 Å². The van der Waals surface area contributed by atoms with Crippen molar-refractivity contribution in [1.82, 2.24) is 14.5 Å². The van der Waals surface area contributed by atoms with Gasteiger partial charge in [-0.2, -0.15) is 0 Å². The van der Waals surface area contributed by atoms with Crippen molar-refractivity contribution in [2.75, 3.05) is 5.32 Å². The smallest absolute Gasteiger partial charge is 0.203 e. The second kappa shape index (κ2) is 5.74. The molecular formula is C14H20N4S. The first kappa shape index (κ1) is 12.7. The van der Waals surface area contributed by atoms with E-state index in [0.717, 1.165) is 18.2 Å². The molecule has 0 amide bonds. The van der Waals surface area contributed by atoms with Gasteiger partial charge in [0.2, 0.25) is 5.95 Å². The predicted octanol–water partition coefficient (Wildman–Crippen LogP) is 3.44. The molecule has 1 aliphatic carbocycles. The molecule has 1 fully saturated rings. The van der Waals surface area contributed by atoms with Gasteiger partial charge in [-0.25, -0.2) is 4.98 Å². The Kier molecular flexibility index (Phi) is 3.82. The molecule has 19 heavy (non-hydrogen) atoms. The van der Waals surface area contributed by atoms with E-state index in [-0.39, 0.29) is 0 Å². The highest BCUT2D eigenvalue weighted by molar-refractivity contribution is 7.09. The highest BCUT2D eigenvalue weighted by atomic mass is 32.1. The molecule has 0 aliphatic heterocycles. The largest absolute Gasteiger partial charge is 0.353 e. The first-order valence-corrected chi connectivity index (χ1v) is 7.87. The summed E-state index contributed by atoms with van der Waals surface area (Å²) in [7, 11) is 0. The number of aryl methyl sites for hydroxylation is 1. The molecule has 2 heterocycles. The van der Waals surface area contributed by atoms with Crippen LogP contribution in [-0.2, 0) is 6.54 Å². The van der Waals surface area contributed by atoms with E-state index >= 15 is 0 Å². The summed E-state index contributed by atoms with van der Waals surface area (Å²) < 4.78 is 2.21. The molecule has 0 unspecified atom stereocenters. The van der Waals surface area contributed by atoms with Gasteiger partial charge in [-0.1, -0.05) is 19.3 Å². The number of anilines is 1. The maximum Gasteiger partial charge on any atom is 0.203 e. The number of thiazole rings is 1. The van der Waals surface area contributed by atoms with Crippen molar-refractivity contribution < 1.29 is 0 Å². The van der Waals surface area contributed by atoms with Gasteiger partial charge in [0.25, 0.3) is 0 Å². The number of hydrogen-bond donors (Lipinski definition) is 1. The highest BCUT2D eigenvalue weighted by Gasteiger charge is 2.16. The number of imidazole rings is 1. The molecular weight excluding hydrogens is 256 g/mol. The number of nitrogens with zero attached hydrogens (tertiary/aromatic N) is 3. The fourth-order valence-corrected chi connectivity index (χ4v) is 3.29. The Morgan fingerprint density at radius 3 is 2.95 bits per heavy atom. The van der Waals surface area contributed by atoms with Gasteiger partial charge in [-0.05, 0) is 19.8 Å². The van der Waals surface area contributed by atoms with Gasteiger partial charge < -0.3 is 9.88 Å². The van der Waals surface area contributed by atoms with E-state index in [1.165, 1.54) is 37.0 Å². The van der Waals surface area contributed by atoms with Gasteiger partial charge in [-0.15, -0.1) is 11.3 Å². The van der Waals surface area contributed by atoms with E-state index < -0.39 is 0 Å². The summed E-state index contributed by atoms with van der Waals surface area (Å²) in [6.45, 7) is 2.91. The lowest BCUT2D eigenvalue weighted by Gasteiger charge is -2.23. The van der Waals surface area contributed by atoms with Crippen molar-refractivity contribution in [3.8, 4) is 0 Å². The highest BCUT2D eigenvalue weighted by Crippen LogP contribution is 2.22. The summed E-state index contributed by atoms with van der Waals surface area (Å²) in [6, 6.07) is 0.593. The van der Waals surface area contributed by atoms with E-state index in [1.807, 2.05) is 11.7 Å². The fraction of sp³-hybridized carbons (Fsp3) is 0.571. The second-order valence-corrected chi connectivity index (χ2v) is 6.25. The van der Waals surface area contributed by atoms with Gasteiger partial charge in [0.15, 0.2) is 0 Å². The van der Waals surface area contributed by atoms with E-state index in [9.17, 15) is 0 Å². The van der Waals surface area contributed by atoms with Crippen LogP contribution in [0, 0.1) is 6.92 Å². The minimum Gasteiger partial charge on any atom is -0.353 e. The van der Waals surface area contributed by atoms with Crippen molar-refractivity contribution in [2.24, 2.45) is 0 Å². The molecule has 0 bridgehead atoms. The van der Waals surface area contributed by atoms with E-state index in [2.05, 4.69) is 33.0 Å². The standard InChI is InChI=1S/C14H20N4S/c1-11-8-18(9-13-7-15-10-19-13)14(16-11)17-12-5-3-2-4-6-12/h7-8,10,12H,2-6,9H2,1H3,(H,16,17). The summed E-state index contributed by atoms with van der Waals surface area (Å²) in [6.07, 6.45) is 10.7. The molecule has 1 N–H and O–H groups in total. The zero-order chi connectivity index (χ0) is 13.1. The Hall–Kier alpha value is -1.36. The van der Waals surface area contributed by atoms with Crippen molar-refractivity contribution in [3.63, 3.8) is 0 Å². The lowest BCUT2D eigenvalue weighted by molar-refractivity contribution is 0.459. The lowest BCUT2D eigenvalue weighted by atomic mass is 9.96. The van der Waals surface area contributed by atoms with Crippen LogP contribution >= 0.6 is 11.3 Å². The Bertz CT molecular complexity index is 512. The Morgan fingerprint density at radius 2 is 2.21 bits per heavy atom. The fourth-order valence-electron chi connectivity index (χ4n) is 2.70. The molecule has 0 aromatic carbocycles. The molecule has 2 aromatic heterocycles. The third-order valence-electron chi connectivity index (χ3n) is 3.65. The average molecular weight is 276 g/mol. The van der Waals surface area contributed by atoms with Gasteiger partial charge in [-0.3, -0.25) is 4.98 Å². The monoisotopic (exact) mass is 276 g/mol. The quantitative estimate of drug-likeness (QED) is 0.930. The Labute approximate surface area is 117 Å². The maximum absolute atomic E-state index is 4.62. The molecule has 2 aromatic rings. The molecule has 0 atom stereocenters. The van der Waals surface area contributed by atoms with Gasteiger partial charge >= 0.3 is 0 Å². The van der Waals surface area contributed by atoms with E-state index in [0.29, 0.717) is 6.04 Å². The third kappa shape index (κ3) is 3.15. The lowest BCUT2D eigenvalue weighted by Crippen LogP contribution is -2.24. The number of hydrogen-bond acceptors (Lipinski definition) is 4. The average Bonchev–Trinajstić information content (AvgIpc) is 3.02. The molecule has 0 radical (unpaired) electrons. The number of rotatable bonds is 4. The minimum absolute atomic E-state index is 0.593. The Morgan fingerprint density at radius 1 is 1.37 bits per heavy atom. The van der Waals surface area contributed by atoms with Crippen LogP contribution in [0.3, 0.4) is 0 Å². The van der Waals surface area contributed by atoms with Crippen LogP contribution in [0.15, 0.2) is 17.9 Å².